The number of hydrogen-bond acceptors (Lipinski definition) is 6. The Balaban J connectivity index is 1.77. The molecule has 0 aromatic carbocycles. The highest BCUT2D eigenvalue weighted by atomic mass is 16.6. The van der Waals surface area contributed by atoms with E-state index >= 15 is 0 Å². The van der Waals surface area contributed by atoms with E-state index in [2.05, 4.69) is 13.2 Å². The number of fused-ring (bicyclic) bond motifs is 1. The summed E-state index contributed by atoms with van der Waals surface area (Å²) in [7, 11) is 0. The van der Waals surface area contributed by atoms with Crippen molar-refractivity contribution in [3.63, 3.8) is 0 Å². The molecule has 1 spiro atoms. The number of aliphatic hydroxyl groups excluding tert-OH is 1. The van der Waals surface area contributed by atoms with Crippen molar-refractivity contribution < 1.29 is 29.0 Å². The molecule has 2 unspecified atom stereocenters. The summed E-state index contributed by atoms with van der Waals surface area (Å²) in [5.74, 6) is -2.50. The van der Waals surface area contributed by atoms with Gasteiger partial charge in [-0.3, -0.25) is 14.4 Å². The Bertz CT molecular complexity index is 870. The minimum absolute atomic E-state index is 0.0321. The summed E-state index contributed by atoms with van der Waals surface area (Å²) in [5, 5.41) is 10.4. The van der Waals surface area contributed by atoms with Gasteiger partial charge in [0.05, 0.1) is 30.6 Å². The Morgan fingerprint density at radius 3 is 2.58 bits per heavy atom. The number of amides is 2. The standard InChI is InChI=1S/C28H42N2O6/c1-5-15-29(19-11-9-8-10-12-19)26(33)24-28-14-13-21(36-28)22(27(34)35-16-6-2)23(28)25(32)30(24)20(17-31)18(4)7-3/h5-6,18-24,31H,1-2,7-17H2,3-4H3/t18-,20-,21-,22+,23-,24?,28?/m0/s1. The van der Waals surface area contributed by atoms with Crippen LogP contribution in [0.3, 0.4) is 0 Å². The van der Waals surface area contributed by atoms with Crippen LogP contribution in [0.5, 0.6) is 0 Å². The minimum Gasteiger partial charge on any atom is -0.461 e. The predicted octanol–water partition coefficient (Wildman–Crippen LogP) is 2.84. The molecule has 7 atom stereocenters. The van der Waals surface area contributed by atoms with Crippen molar-refractivity contribution in [3.05, 3.63) is 25.3 Å². The number of aliphatic hydroxyl groups is 1. The Hall–Kier alpha value is -2.19. The van der Waals surface area contributed by atoms with Crippen LogP contribution in [0.1, 0.15) is 65.2 Å². The monoisotopic (exact) mass is 502 g/mol. The highest BCUT2D eigenvalue weighted by molar-refractivity contribution is 5.98. The average Bonchev–Trinajstić information content (AvgIpc) is 3.54. The van der Waals surface area contributed by atoms with Gasteiger partial charge >= 0.3 is 5.97 Å². The van der Waals surface area contributed by atoms with Crippen LogP contribution < -0.4 is 0 Å². The van der Waals surface area contributed by atoms with Crippen LogP contribution >= 0.6 is 0 Å². The molecular weight excluding hydrogens is 460 g/mol. The fourth-order valence-electron chi connectivity index (χ4n) is 7.15. The molecule has 8 heteroatoms. The molecule has 2 bridgehead atoms. The number of nitrogens with zero attached hydrogens (tertiary/aromatic N) is 2. The Labute approximate surface area is 214 Å². The number of esters is 1. The third-order valence-electron chi connectivity index (χ3n) is 9.06. The van der Waals surface area contributed by atoms with Gasteiger partial charge in [0.1, 0.15) is 18.2 Å². The van der Waals surface area contributed by atoms with E-state index in [1.54, 1.807) is 11.0 Å². The van der Waals surface area contributed by atoms with Crippen LogP contribution in [0.4, 0.5) is 0 Å². The molecule has 1 saturated carbocycles. The molecule has 0 aromatic heterocycles. The van der Waals surface area contributed by atoms with E-state index in [0.29, 0.717) is 19.4 Å². The maximum Gasteiger partial charge on any atom is 0.312 e. The van der Waals surface area contributed by atoms with Crippen LogP contribution in [-0.4, -0.2) is 82.3 Å². The van der Waals surface area contributed by atoms with Gasteiger partial charge in [-0.1, -0.05) is 58.3 Å². The lowest BCUT2D eigenvalue weighted by Gasteiger charge is -2.43. The fraction of sp³-hybridized carbons (Fsp3) is 0.750. The van der Waals surface area contributed by atoms with Crippen molar-refractivity contribution in [2.24, 2.45) is 17.8 Å². The summed E-state index contributed by atoms with van der Waals surface area (Å²) in [6, 6.07) is -1.34. The quantitative estimate of drug-likeness (QED) is 0.345. The van der Waals surface area contributed by atoms with Crippen molar-refractivity contribution in [2.75, 3.05) is 19.8 Å². The zero-order valence-electron chi connectivity index (χ0n) is 21.8. The number of likely N-dealkylation sites (tertiary alicyclic amines) is 1. The predicted molar refractivity (Wildman–Crippen MR) is 135 cm³/mol. The smallest absolute Gasteiger partial charge is 0.312 e. The Kier molecular flexibility index (Phi) is 8.25. The van der Waals surface area contributed by atoms with Gasteiger partial charge in [-0.15, -0.1) is 6.58 Å². The number of ether oxygens (including phenoxy) is 2. The van der Waals surface area contributed by atoms with Crippen molar-refractivity contribution in [1.29, 1.82) is 0 Å². The highest BCUT2D eigenvalue weighted by Crippen LogP contribution is 2.59. The minimum atomic E-state index is -1.09. The summed E-state index contributed by atoms with van der Waals surface area (Å²) in [6.07, 6.45) is 9.77. The van der Waals surface area contributed by atoms with E-state index in [-0.39, 0.29) is 37.0 Å². The SMILES string of the molecule is C=CCOC(=O)[C@@H]1[C@@H]2CCC3(O2)C(C(=O)N(CC=C)C2CCCCC2)N([C@@H](CO)[C@@H](C)CC)C(=O)[C@H]13. The second kappa shape index (κ2) is 11.1. The van der Waals surface area contributed by atoms with Crippen molar-refractivity contribution in [1.82, 2.24) is 9.80 Å². The summed E-state index contributed by atoms with van der Waals surface area (Å²) >= 11 is 0. The Morgan fingerprint density at radius 2 is 1.97 bits per heavy atom. The average molecular weight is 503 g/mol. The first-order valence-electron chi connectivity index (χ1n) is 13.7. The highest BCUT2D eigenvalue weighted by Gasteiger charge is 2.75. The summed E-state index contributed by atoms with van der Waals surface area (Å²) in [4.78, 5) is 45.2. The molecule has 0 radical (unpaired) electrons. The normalized spacial score (nSPS) is 33.2. The third kappa shape index (κ3) is 4.30. The molecule has 200 valence electrons. The zero-order valence-corrected chi connectivity index (χ0v) is 21.8. The van der Waals surface area contributed by atoms with Crippen LogP contribution in [0.25, 0.3) is 0 Å². The van der Waals surface area contributed by atoms with Crippen LogP contribution in [0.15, 0.2) is 25.3 Å². The second-order valence-electron chi connectivity index (χ2n) is 10.9. The van der Waals surface area contributed by atoms with Gasteiger partial charge in [0.2, 0.25) is 11.8 Å². The lowest BCUT2D eigenvalue weighted by Crippen LogP contribution is -2.61. The zero-order chi connectivity index (χ0) is 26.0. The fourth-order valence-corrected chi connectivity index (χ4v) is 7.15. The third-order valence-corrected chi connectivity index (χ3v) is 9.06. The number of carbonyl (C=O) groups excluding carboxylic acids is 3. The molecule has 1 aliphatic carbocycles. The molecule has 4 fully saturated rings. The van der Waals surface area contributed by atoms with Crippen molar-refractivity contribution in [2.45, 2.75) is 95.0 Å². The van der Waals surface area contributed by atoms with E-state index in [1.165, 1.54) is 6.08 Å². The first-order valence-corrected chi connectivity index (χ1v) is 13.7. The maximum atomic E-state index is 14.5. The van der Waals surface area contributed by atoms with Crippen LogP contribution in [0, 0.1) is 17.8 Å². The Morgan fingerprint density at radius 1 is 1.25 bits per heavy atom. The van der Waals surface area contributed by atoms with E-state index in [9.17, 15) is 19.5 Å². The number of hydrogen-bond donors (Lipinski definition) is 1. The molecule has 4 aliphatic rings. The molecule has 2 amide bonds. The van der Waals surface area contributed by atoms with Crippen LogP contribution in [-0.2, 0) is 23.9 Å². The molecule has 3 saturated heterocycles. The van der Waals surface area contributed by atoms with Crippen LogP contribution in [0.2, 0.25) is 0 Å². The largest absolute Gasteiger partial charge is 0.461 e. The van der Waals surface area contributed by atoms with E-state index in [4.69, 9.17) is 9.47 Å². The second-order valence-corrected chi connectivity index (χ2v) is 10.9. The molecule has 4 rings (SSSR count). The van der Waals surface area contributed by atoms with Gasteiger partial charge in [-0.2, -0.15) is 0 Å². The van der Waals surface area contributed by atoms with E-state index in [0.717, 1.165) is 38.5 Å². The molecule has 1 N–H and O–H groups in total. The van der Waals surface area contributed by atoms with E-state index in [1.807, 2.05) is 18.7 Å². The molecule has 8 nitrogen and oxygen atoms in total. The molecular formula is C28H42N2O6. The number of rotatable bonds is 11. The van der Waals surface area contributed by atoms with Gasteiger partial charge < -0.3 is 24.4 Å². The lowest BCUT2D eigenvalue weighted by atomic mass is 9.70. The summed E-state index contributed by atoms with van der Waals surface area (Å²) < 4.78 is 11.9. The van der Waals surface area contributed by atoms with Gasteiger partial charge in [-0.05, 0) is 31.6 Å². The molecule has 0 aromatic rings. The van der Waals surface area contributed by atoms with Crippen molar-refractivity contribution >= 4 is 17.8 Å². The topological polar surface area (TPSA) is 96.4 Å². The van der Waals surface area contributed by atoms with Gasteiger partial charge in [-0.25, -0.2) is 0 Å². The molecule has 3 heterocycles. The number of carbonyl (C=O) groups is 3. The molecule has 36 heavy (non-hydrogen) atoms. The van der Waals surface area contributed by atoms with Gasteiger partial charge in [0.25, 0.3) is 0 Å². The summed E-state index contributed by atoms with van der Waals surface area (Å²) in [5.41, 5.74) is -1.09. The van der Waals surface area contributed by atoms with Crippen molar-refractivity contribution in [3.8, 4) is 0 Å². The molecule has 3 aliphatic heterocycles. The lowest BCUT2D eigenvalue weighted by molar-refractivity contribution is -0.157. The maximum absolute atomic E-state index is 14.5. The van der Waals surface area contributed by atoms with E-state index < -0.39 is 41.6 Å². The first-order chi connectivity index (χ1) is 17.4. The summed E-state index contributed by atoms with van der Waals surface area (Å²) in [6.45, 7) is 11.7. The van der Waals surface area contributed by atoms with Gasteiger partial charge in [0.15, 0.2) is 0 Å². The van der Waals surface area contributed by atoms with Gasteiger partial charge in [0, 0.05) is 12.6 Å². The first kappa shape index (κ1) is 26.9.